The third-order valence-corrected chi connectivity index (χ3v) is 9.06. The molecule has 2 aromatic rings. The number of carboxylic acids is 1. The van der Waals surface area contributed by atoms with Crippen molar-refractivity contribution in [2.45, 2.75) is 82.3 Å². The molecule has 0 radical (unpaired) electrons. The Labute approximate surface area is 229 Å². The van der Waals surface area contributed by atoms with Gasteiger partial charge in [-0.25, -0.2) is 0 Å². The molecule has 218 valence electrons. The van der Waals surface area contributed by atoms with Gasteiger partial charge in [0.2, 0.25) is 0 Å². The highest BCUT2D eigenvalue weighted by Gasteiger charge is 2.43. The van der Waals surface area contributed by atoms with E-state index in [0.717, 1.165) is 54.7 Å². The van der Waals surface area contributed by atoms with Crippen LogP contribution in [0.1, 0.15) is 85.7 Å². The molecule has 1 saturated carbocycles. The molecule has 5 rings (SSSR count). The molecule has 3 unspecified atom stereocenters. The summed E-state index contributed by atoms with van der Waals surface area (Å²) in [6.07, 6.45) is -5.02. The predicted octanol–water partition coefficient (Wildman–Crippen LogP) is 7.86. The van der Waals surface area contributed by atoms with Gasteiger partial charge in [0.25, 0.3) is 0 Å². The van der Waals surface area contributed by atoms with Gasteiger partial charge in [-0.2, -0.15) is 26.3 Å². The lowest BCUT2D eigenvalue weighted by molar-refractivity contribution is -0.144. The largest absolute Gasteiger partial charge is 0.487 e. The summed E-state index contributed by atoms with van der Waals surface area (Å²) in [6.45, 7) is 4.31. The molecule has 3 atom stereocenters. The lowest BCUT2D eigenvalue weighted by Crippen LogP contribution is -2.50. The van der Waals surface area contributed by atoms with E-state index in [9.17, 15) is 36.2 Å². The molecular weight excluding hydrogens is 536 g/mol. The summed E-state index contributed by atoms with van der Waals surface area (Å²) in [5.41, 5.74) is -1.07. The van der Waals surface area contributed by atoms with Crippen LogP contribution >= 0.6 is 0 Å². The Balaban J connectivity index is 1.32. The van der Waals surface area contributed by atoms with E-state index >= 15 is 0 Å². The Morgan fingerprint density at radius 1 is 0.925 bits per heavy atom. The van der Waals surface area contributed by atoms with E-state index in [1.54, 1.807) is 13.8 Å². The van der Waals surface area contributed by atoms with E-state index in [-0.39, 0.29) is 17.5 Å². The SMILES string of the molecule is CC(C(=O)O)C(c1ccc2c(c1)OC1(CC2)CCN(C(C)c2cc(C(F)(F)F)cc(C(F)(F)F)c2)CC1)C1CC1. The number of aliphatic carboxylic acids is 1. The molecule has 1 aliphatic carbocycles. The summed E-state index contributed by atoms with van der Waals surface area (Å²) in [7, 11) is 0. The highest BCUT2D eigenvalue weighted by atomic mass is 19.4. The molecule has 1 saturated heterocycles. The Morgan fingerprint density at radius 3 is 2.05 bits per heavy atom. The predicted molar refractivity (Wildman–Crippen MR) is 136 cm³/mol. The van der Waals surface area contributed by atoms with E-state index in [1.807, 2.05) is 23.1 Å². The van der Waals surface area contributed by atoms with Crippen LogP contribution in [-0.2, 0) is 23.6 Å². The van der Waals surface area contributed by atoms with Crippen molar-refractivity contribution >= 4 is 5.97 Å². The minimum absolute atomic E-state index is 0.0173. The molecular formula is C30H33F6NO3. The van der Waals surface area contributed by atoms with Crippen molar-refractivity contribution in [1.82, 2.24) is 4.90 Å². The molecule has 0 amide bonds. The third-order valence-electron chi connectivity index (χ3n) is 9.06. The van der Waals surface area contributed by atoms with Gasteiger partial charge in [0, 0.05) is 19.1 Å². The number of hydrogen-bond acceptors (Lipinski definition) is 3. The van der Waals surface area contributed by atoms with Crippen LogP contribution in [0.25, 0.3) is 0 Å². The fourth-order valence-electron chi connectivity index (χ4n) is 6.41. The van der Waals surface area contributed by atoms with Crippen LogP contribution in [0.3, 0.4) is 0 Å². The summed E-state index contributed by atoms with van der Waals surface area (Å²) in [5, 5.41) is 9.64. The summed E-state index contributed by atoms with van der Waals surface area (Å²) >= 11 is 0. The third kappa shape index (κ3) is 5.83. The molecule has 3 aliphatic rings. The van der Waals surface area contributed by atoms with Crippen molar-refractivity contribution in [2.75, 3.05) is 13.1 Å². The fraction of sp³-hybridized carbons (Fsp3) is 0.567. The lowest BCUT2D eigenvalue weighted by atomic mass is 9.80. The maximum absolute atomic E-state index is 13.4. The number of benzene rings is 2. The van der Waals surface area contributed by atoms with Crippen LogP contribution in [0.15, 0.2) is 36.4 Å². The smallest absolute Gasteiger partial charge is 0.416 e. The molecule has 10 heteroatoms. The van der Waals surface area contributed by atoms with Gasteiger partial charge in [-0.05, 0) is 98.2 Å². The minimum Gasteiger partial charge on any atom is -0.487 e. The highest BCUT2D eigenvalue weighted by molar-refractivity contribution is 5.71. The van der Waals surface area contributed by atoms with Gasteiger partial charge in [-0.15, -0.1) is 0 Å². The Hall–Kier alpha value is -2.75. The second kappa shape index (κ2) is 10.3. The van der Waals surface area contributed by atoms with Gasteiger partial charge in [-0.3, -0.25) is 9.69 Å². The normalized spacial score (nSPS) is 21.8. The van der Waals surface area contributed by atoms with E-state index in [1.165, 1.54) is 0 Å². The zero-order valence-corrected chi connectivity index (χ0v) is 22.4. The quantitative estimate of drug-likeness (QED) is 0.360. The first kappa shape index (κ1) is 28.8. The average Bonchev–Trinajstić information content (AvgIpc) is 3.72. The van der Waals surface area contributed by atoms with Crippen molar-refractivity contribution in [1.29, 1.82) is 0 Å². The standard InChI is InChI=1S/C30H33F6NO3/c1-17(27(38)39)26(20-4-5-20)21-6-3-19-7-8-28(40-25(19)15-21)9-11-37(12-10-28)18(2)22-13-23(29(31,32)33)16-24(14-22)30(34,35)36/h3,6,13-18,20,26H,4-5,7-12H2,1-2H3,(H,38,39). The first-order valence-corrected chi connectivity index (χ1v) is 13.7. The average molecular weight is 570 g/mol. The zero-order chi connectivity index (χ0) is 29.0. The van der Waals surface area contributed by atoms with Crippen molar-refractivity contribution in [3.63, 3.8) is 0 Å². The van der Waals surface area contributed by atoms with Gasteiger partial charge in [-0.1, -0.05) is 19.1 Å². The molecule has 4 nitrogen and oxygen atoms in total. The zero-order valence-electron chi connectivity index (χ0n) is 22.4. The molecule has 0 bridgehead atoms. The molecule has 2 heterocycles. The molecule has 2 fully saturated rings. The van der Waals surface area contributed by atoms with Gasteiger partial charge < -0.3 is 9.84 Å². The molecule has 1 spiro atoms. The number of likely N-dealkylation sites (tertiary alicyclic amines) is 1. The van der Waals surface area contributed by atoms with E-state index in [2.05, 4.69) is 0 Å². The van der Waals surface area contributed by atoms with Crippen LogP contribution in [0.5, 0.6) is 5.75 Å². The van der Waals surface area contributed by atoms with E-state index in [0.29, 0.717) is 31.8 Å². The van der Waals surface area contributed by atoms with E-state index < -0.39 is 47.0 Å². The summed E-state index contributed by atoms with van der Waals surface area (Å²) in [6, 6.07) is 7.16. The number of hydrogen-bond donors (Lipinski definition) is 1. The number of alkyl halides is 6. The molecule has 40 heavy (non-hydrogen) atoms. The highest BCUT2D eigenvalue weighted by Crippen LogP contribution is 2.49. The van der Waals surface area contributed by atoms with Gasteiger partial charge in [0.1, 0.15) is 11.4 Å². The first-order chi connectivity index (χ1) is 18.7. The number of fused-ring (bicyclic) bond motifs is 1. The topological polar surface area (TPSA) is 49.8 Å². The maximum Gasteiger partial charge on any atom is 0.416 e. The number of carboxylic acid groups (broad SMARTS) is 1. The number of piperidine rings is 1. The monoisotopic (exact) mass is 569 g/mol. The number of carbonyl (C=O) groups is 1. The molecule has 2 aliphatic heterocycles. The van der Waals surface area contributed by atoms with Crippen molar-refractivity contribution in [3.8, 4) is 5.75 Å². The Morgan fingerprint density at radius 2 is 1.52 bits per heavy atom. The number of nitrogens with zero attached hydrogens (tertiary/aromatic N) is 1. The lowest BCUT2D eigenvalue weighted by Gasteiger charge is -2.46. The fourth-order valence-corrected chi connectivity index (χ4v) is 6.41. The van der Waals surface area contributed by atoms with Gasteiger partial charge >= 0.3 is 18.3 Å². The molecule has 1 N–H and O–H groups in total. The number of halogens is 6. The summed E-state index contributed by atoms with van der Waals surface area (Å²) in [5.74, 6) is -0.319. The van der Waals surface area contributed by atoms with Crippen molar-refractivity contribution < 1.29 is 41.0 Å². The van der Waals surface area contributed by atoms with Crippen LogP contribution in [0, 0.1) is 11.8 Å². The molecule has 0 aromatic heterocycles. The summed E-state index contributed by atoms with van der Waals surface area (Å²) in [4.78, 5) is 13.7. The summed E-state index contributed by atoms with van der Waals surface area (Å²) < 4.78 is 86.9. The minimum atomic E-state index is -4.88. The maximum atomic E-state index is 13.4. The second-order valence-corrected chi connectivity index (χ2v) is 11.7. The Bertz CT molecular complexity index is 1230. The van der Waals surface area contributed by atoms with Gasteiger partial charge in [0.15, 0.2) is 0 Å². The van der Waals surface area contributed by atoms with Gasteiger partial charge in [0.05, 0.1) is 17.0 Å². The van der Waals surface area contributed by atoms with Crippen LogP contribution in [0.4, 0.5) is 26.3 Å². The number of rotatable bonds is 6. The number of ether oxygens (including phenoxy) is 1. The van der Waals surface area contributed by atoms with E-state index in [4.69, 9.17) is 4.74 Å². The molecule has 2 aromatic carbocycles. The second-order valence-electron chi connectivity index (χ2n) is 11.7. The first-order valence-electron chi connectivity index (χ1n) is 13.7. The Kier molecular flexibility index (Phi) is 7.38. The van der Waals surface area contributed by atoms with Crippen LogP contribution in [0.2, 0.25) is 0 Å². The van der Waals surface area contributed by atoms with Crippen LogP contribution in [-0.4, -0.2) is 34.7 Å². The number of aryl methyl sites for hydroxylation is 1. The van der Waals surface area contributed by atoms with Crippen molar-refractivity contribution in [2.24, 2.45) is 11.8 Å². The van der Waals surface area contributed by atoms with Crippen molar-refractivity contribution in [3.05, 3.63) is 64.2 Å². The van der Waals surface area contributed by atoms with Crippen LogP contribution < -0.4 is 4.74 Å².